The van der Waals surface area contributed by atoms with Gasteiger partial charge in [0, 0.05) is 57.5 Å². The van der Waals surface area contributed by atoms with Crippen LogP contribution in [0.5, 0.6) is 0 Å². The highest BCUT2D eigenvalue weighted by molar-refractivity contribution is 5.95. The summed E-state index contributed by atoms with van der Waals surface area (Å²) in [7, 11) is 3.31. The van der Waals surface area contributed by atoms with Gasteiger partial charge < -0.3 is 20.9 Å². The van der Waals surface area contributed by atoms with Crippen LogP contribution < -0.4 is 11.1 Å². The summed E-state index contributed by atoms with van der Waals surface area (Å²) in [6.07, 6.45) is 6.79. The third-order valence-corrected chi connectivity index (χ3v) is 8.30. The largest absolute Gasteiger partial charge is 0.354 e. The first-order valence-electron chi connectivity index (χ1n) is 16.1. The molecule has 0 radical (unpaired) electrons. The second-order valence-corrected chi connectivity index (χ2v) is 13.1. The SMILES string of the molecule is C/C(=C\C(=O)N(C)[C@H](Cc1ccc2ccccc2c1)C(=O)N(C)[C@H](Cc1ccccc1)C(=O)NCCc1ccncc1)CC(C)(C)N. The van der Waals surface area contributed by atoms with E-state index in [4.69, 9.17) is 5.73 Å². The van der Waals surface area contributed by atoms with Crippen LogP contribution >= 0.6 is 0 Å². The zero-order valence-electron chi connectivity index (χ0n) is 28.1. The summed E-state index contributed by atoms with van der Waals surface area (Å²) < 4.78 is 0. The third-order valence-electron chi connectivity index (χ3n) is 8.30. The Bertz CT molecular complexity index is 1680. The molecule has 4 aromatic rings. The molecule has 0 saturated heterocycles. The van der Waals surface area contributed by atoms with E-state index in [-0.39, 0.29) is 24.1 Å². The Morgan fingerprint density at radius 1 is 0.809 bits per heavy atom. The van der Waals surface area contributed by atoms with Gasteiger partial charge in [0.05, 0.1) is 0 Å². The lowest BCUT2D eigenvalue weighted by Crippen LogP contribution is -2.56. The fourth-order valence-corrected chi connectivity index (χ4v) is 5.84. The zero-order chi connectivity index (χ0) is 34.0. The molecule has 2 atom stereocenters. The van der Waals surface area contributed by atoms with Crippen LogP contribution in [0, 0.1) is 0 Å². The molecule has 3 amide bonds. The summed E-state index contributed by atoms with van der Waals surface area (Å²) in [5.41, 5.74) is 9.47. The number of nitrogens with one attached hydrogen (secondary N) is 1. The minimum absolute atomic E-state index is 0.252. The Morgan fingerprint density at radius 2 is 1.45 bits per heavy atom. The van der Waals surface area contributed by atoms with E-state index in [9.17, 15) is 14.4 Å². The molecule has 4 rings (SSSR count). The first-order chi connectivity index (χ1) is 22.4. The van der Waals surface area contributed by atoms with Gasteiger partial charge in [0.1, 0.15) is 12.1 Å². The molecular weight excluding hydrogens is 586 g/mol. The summed E-state index contributed by atoms with van der Waals surface area (Å²) in [5, 5.41) is 5.18. The molecule has 0 unspecified atom stereocenters. The molecule has 0 spiro atoms. The van der Waals surface area contributed by atoms with Crippen molar-refractivity contribution in [2.24, 2.45) is 5.73 Å². The molecule has 246 valence electrons. The van der Waals surface area contributed by atoms with Crippen molar-refractivity contribution < 1.29 is 14.4 Å². The summed E-state index contributed by atoms with van der Waals surface area (Å²) in [5.74, 6) is -0.858. The molecule has 0 aliphatic carbocycles. The van der Waals surface area contributed by atoms with Crippen LogP contribution in [0.1, 0.15) is 43.9 Å². The Hall–Kier alpha value is -4.82. The van der Waals surface area contributed by atoms with Gasteiger partial charge in [0.25, 0.3) is 0 Å². The number of hydrogen-bond acceptors (Lipinski definition) is 5. The van der Waals surface area contributed by atoms with Gasteiger partial charge in [-0.1, -0.05) is 78.4 Å². The smallest absolute Gasteiger partial charge is 0.246 e. The second-order valence-electron chi connectivity index (χ2n) is 13.1. The Balaban J connectivity index is 1.63. The van der Waals surface area contributed by atoms with Crippen molar-refractivity contribution in [1.29, 1.82) is 0 Å². The average Bonchev–Trinajstić information content (AvgIpc) is 3.05. The number of carbonyl (C=O) groups excluding carboxylic acids is 3. The molecule has 47 heavy (non-hydrogen) atoms. The molecule has 1 heterocycles. The Morgan fingerprint density at radius 3 is 2.13 bits per heavy atom. The highest BCUT2D eigenvalue weighted by atomic mass is 16.2. The lowest BCUT2D eigenvalue weighted by atomic mass is 9.96. The number of pyridine rings is 1. The second kappa shape index (κ2) is 16.1. The van der Waals surface area contributed by atoms with Crippen LogP contribution in [-0.4, -0.2) is 70.8 Å². The predicted octanol–water partition coefficient (Wildman–Crippen LogP) is 5.11. The molecule has 0 bridgehead atoms. The average molecular weight is 634 g/mol. The number of hydrogen-bond donors (Lipinski definition) is 2. The van der Waals surface area contributed by atoms with E-state index in [0.29, 0.717) is 25.8 Å². The van der Waals surface area contributed by atoms with Crippen molar-refractivity contribution in [3.63, 3.8) is 0 Å². The number of nitrogens with zero attached hydrogens (tertiary/aromatic N) is 3. The van der Waals surface area contributed by atoms with Gasteiger partial charge in [0.2, 0.25) is 17.7 Å². The van der Waals surface area contributed by atoms with E-state index in [1.165, 1.54) is 9.80 Å². The van der Waals surface area contributed by atoms with Gasteiger partial charge >= 0.3 is 0 Å². The molecule has 0 aliphatic rings. The van der Waals surface area contributed by atoms with Crippen molar-refractivity contribution >= 4 is 28.5 Å². The molecule has 1 aromatic heterocycles. The fourth-order valence-electron chi connectivity index (χ4n) is 5.84. The molecule has 3 N–H and O–H groups in total. The minimum atomic E-state index is -0.855. The molecule has 8 heteroatoms. The van der Waals surface area contributed by atoms with Gasteiger partial charge in [-0.3, -0.25) is 19.4 Å². The van der Waals surface area contributed by atoms with Crippen LogP contribution in [0.25, 0.3) is 10.8 Å². The van der Waals surface area contributed by atoms with Crippen molar-refractivity contribution in [3.8, 4) is 0 Å². The number of benzene rings is 3. The minimum Gasteiger partial charge on any atom is -0.354 e. The number of likely N-dealkylation sites (N-methyl/N-ethyl adjacent to an activating group) is 2. The number of aromatic nitrogens is 1. The predicted molar refractivity (Wildman–Crippen MR) is 189 cm³/mol. The molecular formula is C39H47N5O3. The molecule has 3 aromatic carbocycles. The van der Waals surface area contributed by atoms with E-state index in [1.807, 2.05) is 99.6 Å². The fraction of sp³-hybridized carbons (Fsp3) is 0.333. The molecule has 0 aliphatic heterocycles. The topological polar surface area (TPSA) is 109 Å². The number of carbonyl (C=O) groups is 3. The summed E-state index contributed by atoms with van der Waals surface area (Å²) in [6.45, 7) is 6.11. The third kappa shape index (κ3) is 10.3. The number of rotatable bonds is 14. The normalized spacial score (nSPS) is 13.1. The van der Waals surface area contributed by atoms with E-state index >= 15 is 0 Å². The maximum atomic E-state index is 14.5. The lowest BCUT2D eigenvalue weighted by Gasteiger charge is -2.34. The Labute approximate surface area is 278 Å². The van der Waals surface area contributed by atoms with Gasteiger partial charge in [-0.25, -0.2) is 0 Å². The monoisotopic (exact) mass is 633 g/mol. The van der Waals surface area contributed by atoms with Gasteiger partial charge in [-0.15, -0.1) is 0 Å². The first-order valence-corrected chi connectivity index (χ1v) is 16.1. The highest BCUT2D eigenvalue weighted by Gasteiger charge is 2.35. The summed E-state index contributed by atoms with van der Waals surface area (Å²) in [6, 6.07) is 26.0. The molecule has 0 saturated carbocycles. The van der Waals surface area contributed by atoms with E-state index in [1.54, 1.807) is 32.6 Å². The quantitative estimate of drug-likeness (QED) is 0.188. The van der Waals surface area contributed by atoms with Crippen molar-refractivity contribution in [2.45, 2.75) is 64.1 Å². The van der Waals surface area contributed by atoms with Gasteiger partial charge in [0.15, 0.2) is 0 Å². The van der Waals surface area contributed by atoms with Crippen LogP contribution in [0.3, 0.4) is 0 Å². The van der Waals surface area contributed by atoms with Crippen LogP contribution in [0.4, 0.5) is 0 Å². The number of amides is 3. The van der Waals surface area contributed by atoms with Gasteiger partial charge in [-0.05, 0) is 73.2 Å². The number of nitrogens with two attached hydrogens (primary N) is 1. The van der Waals surface area contributed by atoms with E-state index < -0.39 is 17.6 Å². The lowest BCUT2D eigenvalue weighted by molar-refractivity contribution is -0.146. The standard InChI is InChI=1S/C39H47N5O3/c1-28(27-39(2,3)40)23-36(45)43(4)35(26-31-15-16-32-13-9-10-14-33(32)24-31)38(47)44(5)34(25-30-11-7-6-8-12-30)37(46)42-22-19-29-17-20-41-21-18-29/h6-18,20-21,23-24,34-35H,19,22,25-27,40H2,1-5H3,(H,42,46)/b28-23+/t34-,35-/m1/s1. The Kier molecular flexibility index (Phi) is 12.0. The summed E-state index contributed by atoms with van der Waals surface area (Å²) in [4.78, 5) is 49.0. The van der Waals surface area contributed by atoms with Crippen molar-refractivity contribution in [1.82, 2.24) is 20.1 Å². The maximum absolute atomic E-state index is 14.5. The van der Waals surface area contributed by atoms with Crippen molar-refractivity contribution in [3.05, 3.63) is 126 Å². The molecule has 0 fully saturated rings. The maximum Gasteiger partial charge on any atom is 0.246 e. The summed E-state index contributed by atoms with van der Waals surface area (Å²) >= 11 is 0. The number of fused-ring (bicyclic) bond motifs is 1. The van der Waals surface area contributed by atoms with E-state index in [0.717, 1.165) is 33.0 Å². The van der Waals surface area contributed by atoms with Gasteiger partial charge in [-0.2, -0.15) is 0 Å². The van der Waals surface area contributed by atoms with Crippen LogP contribution in [0.15, 0.2) is 109 Å². The molecule has 8 nitrogen and oxygen atoms in total. The van der Waals surface area contributed by atoms with Crippen LogP contribution in [0.2, 0.25) is 0 Å². The highest BCUT2D eigenvalue weighted by Crippen LogP contribution is 2.21. The first kappa shape index (κ1) is 35.0. The van der Waals surface area contributed by atoms with Crippen LogP contribution in [-0.2, 0) is 33.6 Å². The van der Waals surface area contributed by atoms with E-state index in [2.05, 4.69) is 16.4 Å². The van der Waals surface area contributed by atoms with Crippen molar-refractivity contribution in [2.75, 3.05) is 20.6 Å². The zero-order valence-corrected chi connectivity index (χ0v) is 28.1.